The average molecular weight is 534 g/mol. The number of rotatable bonds is 8. The molecule has 0 saturated heterocycles. The summed E-state index contributed by atoms with van der Waals surface area (Å²) in [5, 5.41) is 13.2. The lowest BCUT2D eigenvalue weighted by atomic mass is 9.94. The summed E-state index contributed by atoms with van der Waals surface area (Å²) >= 11 is 0. The molecule has 2 heterocycles. The van der Waals surface area contributed by atoms with Crippen molar-refractivity contribution in [1.29, 1.82) is 5.26 Å². The molecule has 0 aliphatic carbocycles. The first kappa shape index (κ1) is 26.3. The number of methoxy groups -OCH3 is 1. The van der Waals surface area contributed by atoms with Gasteiger partial charge < -0.3 is 24.3 Å². The fraction of sp³-hybridized carbons (Fsp3) is 0.156. The molecular formula is C32H27N3O5. The lowest BCUT2D eigenvalue weighted by Crippen LogP contribution is -2.24. The van der Waals surface area contributed by atoms with Gasteiger partial charge >= 0.3 is 0 Å². The Morgan fingerprint density at radius 2 is 1.80 bits per heavy atom. The van der Waals surface area contributed by atoms with Crippen LogP contribution in [-0.2, 0) is 0 Å². The summed E-state index contributed by atoms with van der Waals surface area (Å²) in [7, 11) is 1.60. The number of hydrogen-bond donors (Lipinski definition) is 1. The first-order valence-corrected chi connectivity index (χ1v) is 12.7. The minimum Gasteiger partial charge on any atom is -0.497 e. The van der Waals surface area contributed by atoms with Crippen LogP contribution in [0.15, 0.2) is 72.8 Å². The van der Waals surface area contributed by atoms with Crippen molar-refractivity contribution in [3.63, 3.8) is 0 Å². The van der Waals surface area contributed by atoms with E-state index in [-0.39, 0.29) is 24.1 Å². The van der Waals surface area contributed by atoms with E-state index in [9.17, 15) is 10.1 Å². The highest BCUT2D eigenvalue weighted by Crippen LogP contribution is 2.40. The van der Waals surface area contributed by atoms with Crippen LogP contribution in [0.1, 0.15) is 32.7 Å². The van der Waals surface area contributed by atoms with Crippen LogP contribution in [0.25, 0.3) is 17.2 Å². The van der Waals surface area contributed by atoms with Crippen molar-refractivity contribution >= 4 is 12.0 Å². The fourth-order valence-corrected chi connectivity index (χ4v) is 4.43. The molecule has 8 heteroatoms. The molecule has 5 rings (SSSR count). The average Bonchev–Trinajstić information content (AvgIpc) is 3.44. The van der Waals surface area contributed by atoms with Crippen molar-refractivity contribution < 1.29 is 23.7 Å². The van der Waals surface area contributed by atoms with Crippen LogP contribution in [0.5, 0.6) is 28.9 Å². The largest absolute Gasteiger partial charge is 0.497 e. The monoisotopic (exact) mass is 533 g/mol. The maximum Gasteiger partial charge on any atom is 0.251 e. The van der Waals surface area contributed by atoms with Crippen molar-refractivity contribution in [2.45, 2.75) is 13.8 Å². The summed E-state index contributed by atoms with van der Waals surface area (Å²) in [6.45, 7) is 4.20. The zero-order valence-electron chi connectivity index (χ0n) is 22.4. The van der Waals surface area contributed by atoms with Gasteiger partial charge in [-0.3, -0.25) is 4.79 Å². The molecule has 8 nitrogen and oxygen atoms in total. The molecule has 0 spiro atoms. The second-order valence-electron chi connectivity index (χ2n) is 9.05. The Morgan fingerprint density at radius 3 is 2.55 bits per heavy atom. The van der Waals surface area contributed by atoms with Crippen LogP contribution in [0.4, 0.5) is 0 Å². The number of nitrogens with zero attached hydrogens (tertiary/aromatic N) is 2. The number of fused-ring (bicyclic) bond motifs is 1. The highest BCUT2D eigenvalue weighted by molar-refractivity contribution is 5.95. The number of carbonyl (C=O) groups is 1. The first-order valence-electron chi connectivity index (χ1n) is 12.7. The van der Waals surface area contributed by atoms with Gasteiger partial charge in [-0.25, -0.2) is 4.98 Å². The van der Waals surface area contributed by atoms with Crippen LogP contribution >= 0.6 is 0 Å². The molecule has 0 unspecified atom stereocenters. The molecule has 1 amide bonds. The molecule has 0 saturated carbocycles. The number of ether oxygens (including phenoxy) is 4. The number of nitrogens with one attached hydrogen (secondary N) is 1. The van der Waals surface area contributed by atoms with Gasteiger partial charge in [-0.1, -0.05) is 42.5 Å². The maximum atomic E-state index is 12.6. The lowest BCUT2D eigenvalue weighted by Gasteiger charge is -2.16. The summed E-state index contributed by atoms with van der Waals surface area (Å²) in [4.78, 5) is 17.3. The molecule has 0 bridgehead atoms. The van der Waals surface area contributed by atoms with Crippen molar-refractivity contribution in [2.24, 2.45) is 0 Å². The Balaban J connectivity index is 1.49. The maximum absolute atomic E-state index is 12.6. The number of hydrogen-bond acceptors (Lipinski definition) is 7. The number of carbonyl (C=O) groups excluding carboxylic acids is 1. The molecule has 1 aromatic heterocycles. The van der Waals surface area contributed by atoms with E-state index in [4.69, 9.17) is 18.9 Å². The summed E-state index contributed by atoms with van der Waals surface area (Å²) in [6, 6.07) is 22.4. The predicted octanol–water partition coefficient (Wildman–Crippen LogP) is 6.21. The molecule has 0 fully saturated rings. The third-order valence-corrected chi connectivity index (χ3v) is 6.50. The van der Waals surface area contributed by atoms with E-state index in [2.05, 4.69) is 16.4 Å². The minimum absolute atomic E-state index is 0.146. The summed E-state index contributed by atoms with van der Waals surface area (Å²) in [6.07, 6.45) is 3.71. The Hall–Kier alpha value is -5.29. The summed E-state index contributed by atoms with van der Waals surface area (Å²) in [5.41, 5.74) is 4.66. The fourth-order valence-electron chi connectivity index (χ4n) is 4.43. The van der Waals surface area contributed by atoms with Gasteiger partial charge in [0.25, 0.3) is 5.91 Å². The molecule has 3 aromatic carbocycles. The van der Waals surface area contributed by atoms with E-state index in [1.54, 1.807) is 31.4 Å². The van der Waals surface area contributed by atoms with E-state index in [0.717, 1.165) is 16.7 Å². The van der Waals surface area contributed by atoms with E-state index in [1.807, 2.05) is 68.5 Å². The van der Waals surface area contributed by atoms with E-state index < -0.39 is 0 Å². The summed E-state index contributed by atoms with van der Waals surface area (Å²) in [5.74, 6) is 2.38. The highest BCUT2D eigenvalue weighted by Gasteiger charge is 2.21. The predicted molar refractivity (Wildman–Crippen MR) is 151 cm³/mol. The van der Waals surface area contributed by atoms with Gasteiger partial charge in [0, 0.05) is 35.0 Å². The number of aromatic nitrogens is 1. The first-order chi connectivity index (χ1) is 19.5. The Kier molecular flexibility index (Phi) is 7.65. The second-order valence-corrected chi connectivity index (χ2v) is 9.05. The quantitative estimate of drug-likeness (QED) is 0.287. The smallest absolute Gasteiger partial charge is 0.251 e. The normalized spacial score (nSPS) is 11.8. The van der Waals surface area contributed by atoms with Gasteiger partial charge in [-0.2, -0.15) is 5.26 Å². The van der Waals surface area contributed by atoms with Crippen LogP contribution in [0.2, 0.25) is 0 Å². The molecule has 1 aliphatic rings. The van der Waals surface area contributed by atoms with Crippen molar-refractivity contribution in [1.82, 2.24) is 10.3 Å². The van der Waals surface area contributed by atoms with Gasteiger partial charge in [0.1, 0.15) is 23.1 Å². The van der Waals surface area contributed by atoms with Gasteiger partial charge in [0.05, 0.1) is 7.11 Å². The molecule has 1 aliphatic heterocycles. The number of amides is 1. The summed E-state index contributed by atoms with van der Waals surface area (Å²) < 4.78 is 22.3. The SMILES string of the molecule is COc1ccc(-c2c(C#N)c(Oc3ccc4c(c3)OCO4)nc(C)c2C=CCNC(=O)c2ccccc2C)cc1. The van der Waals surface area contributed by atoms with Crippen LogP contribution in [0.3, 0.4) is 0 Å². The Morgan fingerprint density at radius 1 is 1.05 bits per heavy atom. The molecule has 0 radical (unpaired) electrons. The van der Waals surface area contributed by atoms with Gasteiger partial charge in [0.15, 0.2) is 11.5 Å². The highest BCUT2D eigenvalue weighted by atomic mass is 16.7. The molecule has 200 valence electrons. The minimum atomic E-state index is -0.154. The van der Waals surface area contributed by atoms with Crippen molar-refractivity contribution in [3.05, 3.63) is 101 Å². The second kappa shape index (κ2) is 11.6. The van der Waals surface area contributed by atoms with Crippen molar-refractivity contribution in [3.8, 4) is 46.1 Å². The molecule has 0 atom stereocenters. The zero-order chi connectivity index (χ0) is 28.1. The van der Waals surface area contributed by atoms with E-state index in [1.165, 1.54) is 0 Å². The van der Waals surface area contributed by atoms with Crippen LogP contribution < -0.4 is 24.3 Å². The number of pyridine rings is 1. The number of benzene rings is 3. The number of aryl methyl sites for hydroxylation is 2. The molecular weight excluding hydrogens is 506 g/mol. The molecule has 1 N–H and O–H groups in total. The van der Waals surface area contributed by atoms with E-state index >= 15 is 0 Å². The van der Waals surface area contributed by atoms with Crippen molar-refractivity contribution in [2.75, 3.05) is 20.4 Å². The van der Waals surface area contributed by atoms with Gasteiger partial charge in [-0.05, 0) is 55.3 Å². The van der Waals surface area contributed by atoms with Gasteiger partial charge in [0.2, 0.25) is 12.7 Å². The van der Waals surface area contributed by atoms with Crippen LogP contribution in [0, 0.1) is 25.2 Å². The molecule has 40 heavy (non-hydrogen) atoms. The van der Waals surface area contributed by atoms with E-state index in [0.29, 0.717) is 46.4 Å². The Labute approximate surface area is 232 Å². The topological polar surface area (TPSA) is 103 Å². The third kappa shape index (κ3) is 5.45. The molecule has 4 aromatic rings. The lowest BCUT2D eigenvalue weighted by molar-refractivity contribution is 0.0957. The Bertz CT molecular complexity index is 1640. The van der Waals surface area contributed by atoms with Gasteiger partial charge in [-0.15, -0.1) is 0 Å². The number of nitriles is 1. The standard InChI is InChI=1S/C32H27N3O5/c1-20-7-4-5-8-25(20)31(36)34-16-6-9-26-21(2)35-32(40-24-14-15-28-29(17-24)39-19-38-28)27(18-33)30(26)22-10-12-23(37-3)13-11-22/h4-15,17H,16,19H2,1-3H3,(H,34,36). The third-order valence-electron chi connectivity index (χ3n) is 6.50. The van der Waals surface area contributed by atoms with Crippen LogP contribution in [-0.4, -0.2) is 31.3 Å². The zero-order valence-corrected chi connectivity index (χ0v) is 22.4.